The normalized spacial score (nSPS) is 10.6. The van der Waals surface area contributed by atoms with E-state index in [-0.39, 0.29) is 12.6 Å². The van der Waals surface area contributed by atoms with E-state index < -0.39 is 0 Å². The highest BCUT2D eigenvalue weighted by Gasteiger charge is 2.10. The summed E-state index contributed by atoms with van der Waals surface area (Å²) in [6.45, 7) is 2.10. The Balaban J connectivity index is 1.65. The Morgan fingerprint density at radius 2 is 2.09 bits per heavy atom. The minimum Gasteiger partial charge on any atom is -0.455 e. The summed E-state index contributed by atoms with van der Waals surface area (Å²) >= 11 is 1.48. The van der Waals surface area contributed by atoms with Crippen molar-refractivity contribution >= 4 is 17.3 Å². The smallest absolute Gasteiger partial charge is 0.338 e. The lowest BCUT2D eigenvalue weighted by Crippen LogP contribution is -2.05. The molecule has 2 heterocycles. The third-order valence-corrected chi connectivity index (χ3v) is 3.91. The number of esters is 1. The van der Waals surface area contributed by atoms with Gasteiger partial charge in [-0.05, 0) is 19.1 Å². The molecule has 0 saturated heterocycles. The van der Waals surface area contributed by atoms with Gasteiger partial charge >= 0.3 is 5.97 Å². The molecule has 0 saturated carbocycles. The first-order valence-electron chi connectivity index (χ1n) is 6.66. The predicted octanol–water partition coefficient (Wildman–Crippen LogP) is 2.60. The van der Waals surface area contributed by atoms with Crippen molar-refractivity contribution in [1.82, 2.24) is 19.7 Å². The number of carbonyl (C=O) groups excluding carboxylic acids is 1. The maximum Gasteiger partial charge on any atom is 0.338 e. The second kappa shape index (κ2) is 6.07. The van der Waals surface area contributed by atoms with Gasteiger partial charge in [0.2, 0.25) is 0 Å². The van der Waals surface area contributed by atoms with Gasteiger partial charge in [-0.1, -0.05) is 12.1 Å². The molecule has 112 valence electrons. The van der Waals surface area contributed by atoms with Gasteiger partial charge in [-0.25, -0.2) is 14.8 Å². The predicted molar refractivity (Wildman–Crippen MR) is 82.4 cm³/mol. The maximum atomic E-state index is 12.0. The fraction of sp³-hybridized carbons (Fsp3) is 0.200. The number of rotatable bonds is 4. The minimum absolute atomic E-state index is 0.195. The molecule has 3 rings (SSSR count). The first-order chi connectivity index (χ1) is 10.6. The first kappa shape index (κ1) is 14.4. The molecule has 1 aromatic carbocycles. The van der Waals surface area contributed by atoms with Crippen molar-refractivity contribution in [3.8, 4) is 11.4 Å². The lowest BCUT2D eigenvalue weighted by molar-refractivity contribution is 0.0472. The monoisotopic (exact) mass is 314 g/mol. The Hall–Kier alpha value is -2.54. The zero-order valence-electron chi connectivity index (χ0n) is 12.2. The van der Waals surface area contributed by atoms with E-state index in [1.54, 1.807) is 35.3 Å². The number of ether oxygens (including phenoxy) is 1. The van der Waals surface area contributed by atoms with E-state index in [9.17, 15) is 4.79 Å². The van der Waals surface area contributed by atoms with Crippen molar-refractivity contribution in [3.63, 3.8) is 0 Å². The molecule has 0 fully saturated rings. The van der Waals surface area contributed by atoms with Crippen LogP contribution in [0.5, 0.6) is 0 Å². The highest BCUT2D eigenvalue weighted by molar-refractivity contribution is 7.09. The van der Waals surface area contributed by atoms with Crippen molar-refractivity contribution in [2.75, 3.05) is 0 Å². The highest BCUT2D eigenvalue weighted by Crippen LogP contribution is 2.16. The van der Waals surface area contributed by atoms with E-state index in [1.165, 1.54) is 11.3 Å². The molecule has 7 heteroatoms. The van der Waals surface area contributed by atoms with Crippen LogP contribution in [-0.2, 0) is 18.4 Å². The summed E-state index contributed by atoms with van der Waals surface area (Å²) in [5.41, 5.74) is 2.28. The van der Waals surface area contributed by atoms with Crippen molar-refractivity contribution in [3.05, 3.63) is 52.2 Å². The van der Waals surface area contributed by atoms with Crippen LogP contribution in [-0.4, -0.2) is 25.7 Å². The topological polar surface area (TPSA) is 69.9 Å². The summed E-state index contributed by atoms with van der Waals surface area (Å²) in [7, 11) is 1.81. The molecule has 22 heavy (non-hydrogen) atoms. The number of hydrogen-bond acceptors (Lipinski definition) is 6. The molecule has 0 atom stereocenters. The zero-order valence-corrected chi connectivity index (χ0v) is 13.0. The lowest BCUT2D eigenvalue weighted by atomic mass is 10.1. The van der Waals surface area contributed by atoms with Crippen molar-refractivity contribution in [2.24, 2.45) is 7.05 Å². The molecule has 0 aliphatic heterocycles. The average molecular weight is 314 g/mol. The summed E-state index contributed by atoms with van der Waals surface area (Å²) in [6, 6.07) is 7.03. The van der Waals surface area contributed by atoms with Crippen LogP contribution in [0.4, 0.5) is 0 Å². The molecule has 0 unspecified atom stereocenters. The summed E-state index contributed by atoms with van der Waals surface area (Å²) in [4.78, 5) is 20.4. The van der Waals surface area contributed by atoms with Gasteiger partial charge in [0, 0.05) is 23.7 Å². The lowest BCUT2D eigenvalue weighted by Gasteiger charge is -2.03. The number of hydrogen-bond donors (Lipinski definition) is 0. The van der Waals surface area contributed by atoms with E-state index in [2.05, 4.69) is 15.1 Å². The maximum absolute atomic E-state index is 12.0. The Morgan fingerprint density at radius 3 is 2.68 bits per heavy atom. The van der Waals surface area contributed by atoms with Crippen LogP contribution in [0.2, 0.25) is 0 Å². The Morgan fingerprint density at radius 1 is 1.32 bits per heavy atom. The summed E-state index contributed by atoms with van der Waals surface area (Å²) in [5, 5.41) is 6.94. The van der Waals surface area contributed by atoms with Gasteiger partial charge in [-0.15, -0.1) is 11.3 Å². The zero-order chi connectivity index (χ0) is 15.5. The van der Waals surface area contributed by atoms with Crippen molar-refractivity contribution in [2.45, 2.75) is 13.5 Å². The second-order valence-corrected chi connectivity index (χ2v) is 5.72. The fourth-order valence-corrected chi connectivity index (χ4v) is 2.59. The van der Waals surface area contributed by atoms with Gasteiger partial charge in [0.05, 0.1) is 5.56 Å². The van der Waals surface area contributed by atoms with Gasteiger partial charge in [0.1, 0.15) is 17.9 Å². The third-order valence-electron chi connectivity index (χ3n) is 2.97. The molecular weight excluding hydrogens is 300 g/mol. The Kier molecular flexibility index (Phi) is 3.97. The number of aromatic nitrogens is 4. The van der Waals surface area contributed by atoms with E-state index in [1.807, 2.05) is 19.4 Å². The van der Waals surface area contributed by atoms with Gasteiger partial charge in [-0.3, -0.25) is 4.68 Å². The molecule has 0 spiro atoms. The molecular formula is C15H14N4O2S. The molecule has 0 N–H and O–H groups in total. The van der Waals surface area contributed by atoms with Crippen molar-refractivity contribution in [1.29, 1.82) is 0 Å². The number of benzene rings is 1. The van der Waals surface area contributed by atoms with Crippen LogP contribution in [0.1, 0.15) is 21.1 Å². The van der Waals surface area contributed by atoms with Crippen LogP contribution in [0.3, 0.4) is 0 Å². The average Bonchev–Trinajstić information content (AvgIpc) is 3.13. The van der Waals surface area contributed by atoms with Gasteiger partial charge in [-0.2, -0.15) is 5.10 Å². The summed E-state index contributed by atoms with van der Waals surface area (Å²) in [6.07, 6.45) is 1.63. The summed E-state index contributed by atoms with van der Waals surface area (Å²) < 4.78 is 6.88. The molecule has 0 aliphatic rings. The number of nitrogens with zero attached hydrogens (tertiary/aromatic N) is 4. The van der Waals surface area contributed by atoms with E-state index >= 15 is 0 Å². The summed E-state index contributed by atoms with van der Waals surface area (Å²) in [5.74, 6) is 0.258. The third kappa shape index (κ3) is 3.20. The number of thiazole rings is 1. The number of carbonyl (C=O) groups is 1. The van der Waals surface area contributed by atoms with Crippen molar-refractivity contribution < 1.29 is 9.53 Å². The second-order valence-electron chi connectivity index (χ2n) is 4.78. The fourth-order valence-electron chi connectivity index (χ4n) is 1.91. The Labute approximate surface area is 131 Å². The van der Waals surface area contributed by atoms with E-state index in [4.69, 9.17) is 4.74 Å². The molecule has 2 aromatic heterocycles. The minimum atomic E-state index is -0.367. The molecule has 0 radical (unpaired) electrons. The van der Waals surface area contributed by atoms with Crippen LogP contribution in [0.15, 0.2) is 36.0 Å². The quantitative estimate of drug-likeness (QED) is 0.692. The van der Waals surface area contributed by atoms with Crippen LogP contribution in [0, 0.1) is 6.92 Å². The molecule has 0 bridgehead atoms. The first-order valence-corrected chi connectivity index (χ1v) is 7.54. The largest absolute Gasteiger partial charge is 0.455 e. The van der Waals surface area contributed by atoms with Gasteiger partial charge < -0.3 is 4.74 Å². The van der Waals surface area contributed by atoms with E-state index in [0.29, 0.717) is 11.4 Å². The molecule has 6 nitrogen and oxygen atoms in total. The van der Waals surface area contributed by atoms with Crippen LogP contribution >= 0.6 is 11.3 Å². The van der Waals surface area contributed by atoms with Crippen LogP contribution in [0.25, 0.3) is 11.4 Å². The number of aryl methyl sites for hydroxylation is 2. The van der Waals surface area contributed by atoms with Crippen LogP contribution < -0.4 is 0 Å². The molecule has 0 amide bonds. The Bertz CT molecular complexity index is 792. The van der Waals surface area contributed by atoms with Gasteiger partial charge in [0.15, 0.2) is 5.82 Å². The molecule has 0 aliphatic carbocycles. The SMILES string of the molecule is Cc1csc(COC(=O)c2ccc(-c3ncn(C)n3)cc2)n1. The van der Waals surface area contributed by atoms with E-state index in [0.717, 1.165) is 16.3 Å². The molecule has 3 aromatic rings. The van der Waals surface area contributed by atoms with Gasteiger partial charge in [0.25, 0.3) is 0 Å². The standard InChI is InChI=1S/C15H14N4O2S/c1-10-8-22-13(17-10)7-21-15(20)12-5-3-11(4-6-12)14-16-9-19(2)18-14/h3-6,8-9H,7H2,1-2H3. The highest BCUT2D eigenvalue weighted by atomic mass is 32.1.